The molecule has 1 aliphatic heterocycles. The molecule has 2 aromatic rings. The van der Waals surface area contributed by atoms with Crippen molar-refractivity contribution in [2.24, 2.45) is 0 Å². The first kappa shape index (κ1) is 17.2. The lowest BCUT2D eigenvalue weighted by molar-refractivity contribution is -0.136. The third-order valence-electron chi connectivity index (χ3n) is 4.27. The number of amides is 2. The van der Waals surface area contributed by atoms with E-state index in [1.807, 2.05) is 50.2 Å². The van der Waals surface area contributed by atoms with Crippen LogP contribution in [-0.4, -0.2) is 23.3 Å². The largest absolute Gasteiger partial charge is 0.350 e. The van der Waals surface area contributed by atoms with Crippen LogP contribution in [0.3, 0.4) is 0 Å². The van der Waals surface area contributed by atoms with Crippen molar-refractivity contribution >= 4 is 34.7 Å². The fourth-order valence-electron chi connectivity index (χ4n) is 2.78. The van der Waals surface area contributed by atoms with E-state index in [1.54, 1.807) is 13.0 Å². The molecule has 2 amide bonds. The minimum absolute atomic E-state index is 0.280. The number of rotatable bonds is 4. The van der Waals surface area contributed by atoms with Gasteiger partial charge >= 0.3 is 0 Å². The highest BCUT2D eigenvalue weighted by atomic mass is 35.5. The second kappa shape index (κ2) is 6.73. The summed E-state index contributed by atoms with van der Waals surface area (Å²) in [4.78, 5) is 26.7. The topological polar surface area (TPSA) is 49.4 Å². The molecule has 1 N–H and O–H groups in total. The van der Waals surface area contributed by atoms with Crippen molar-refractivity contribution in [2.45, 2.75) is 20.8 Å². The Kier molecular flexibility index (Phi) is 4.64. The lowest BCUT2D eigenvalue weighted by Crippen LogP contribution is -2.32. The van der Waals surface area contributed by atoms with Crippen molar-refractivity contribution in [2.75, 3.05) is 11.9 Å². The van der Waals surface area contributed by atoms with E-state index < -0.39 is 0 Å². The number of anilines is 1. The monoisotopic (exact) mass is 354 g/mol. The van der Waals surface area contributed by atoms with Crippen LogP contribution in [0.4, 0.5) is 5.69 Å². The normalized spacial score (nSPS) is 14.5. The maximum atomic E-state index is 12.7. The van der Waals surface area contributed by atoms with Crippen LogP contribution in [0.25, 0.3) is 5.57 Å². The molecule has 5 heteroatoms. The summed E-state index contributed by atoms with van der Waals surface area (Å²) >= 11 is 6.17. The summed E-state index contributed by atoms with van der Waals surface area (Å²) in [5.41, 5.74) is 4.12. The number of nitrogens with zero attached hydrogens (tertiary/aromatic N) is 1. The highest BCUT2D eigenvalue weighted by Gasteiger charge is 2.38. The van der Waals surface area contributed by atoms with Gasteiger partial charge in [-0.25, -0.2) is 0 Å². The molecule has 25 heavy (non-hydrogen) atoms. The number of benzene rings is 2. The molecular formula is C20H19ClN2O2. The summed E-state index contributed by atoms with van der Waals surface area (Å²) in [5.74, 6) is -0.600. The summed E-state index contributed by atoms with van der Waals surface area (Å²) < 4.78 is 0. The van der Waals surface area contributed by atoms with Crippen LogP contribution >= 0.6 is 11.6 Å². The van der Waals surface area contributed by atoms with Crippen LogP contribution in [0, 0.1) is 13.8 Å². The van der Waals surface area contributed by atoms with Crippen LogP contribution in [0.2, 0.25) is 5.02 Å². The van der Waals surface area contributed by atoms with Gasteiger partial charge in [0.15, 0.2) is 0 Å². The molecule has 0 fully saturated rings. The van der Waals surface area contributed by atoms with Gasteiger partial charge in [-0.05, 0) is 44.0 Å². The van der Waals surface area contributed by atoms with Gasteiger partial charge in [-0.2, -0.15) is 0 Å². The first-order valence-corrected chi connectivity index (χ1v) is 8.51. The maximum absolute atomic E-state index is 12.7. The fourth-order valence-corrected chi connectivity index (χ4v) is 2.96. The molecule has 0 aliphatic carbocycles. The van der Waals surface area contributed by atoms with E-state index in [9.17, 15) is 9.59 Å². The Balaban J connectivity index is 2.08. The molecule has 0 spiro atoms. The average Bonchev–Trinajstić information content (AvgIpc) is 2.82. The van der Waals surface area contributed by atoms with Crippen LogP contribution in [0.1, 0.15) is 23.6 Å². The molecule has 0 saturated heterocycles. The number of carbonyl (C=O) groups is 2. The van der Waals surface area contributed by atoms with E-state index in [1.165, 1.54) is 4.90 Å². The SMILES string of the molecule is CCN1C(=O)C(Nc2ccc(C)c(Cl)c2)=C(c2ccc(C)cc2)C1=O. The molecule has 0 atom stereocenters. The van der Waals surface area contributed by atoms with E-state index >= 15 is 0 Å². The van der Waals surface area contributed by atoms with Crippen LogP contribution < -0.4 is 5.32 Å². The third kappa shape index (κ3) is 3.17. The Bertz CT molecular complexity index is 885. The van der Waals surface area contributed by atoms with Gasteiger partial charge in [-0.1, -0.05) is 47.5 Å². The maximum Gasteiger partial charge on any atom is 0.278 e. The molecule has 3 rings (SSSR count). The van der Waals surface area contributed by atoms with Gasteiger partial charge in [0.05, 0.1) is 5.57 Å². The van der Waals surface area contributed by atoms with Crippen LogP contribution in [-0.2, 0) is 9.59 Å². The summed E-state index contributed by atoms with van der Waals surface area (Å²) in [7, 11) is 0. The van der Waals surface area contributed by atoms with Gasteiger partial charge in [0, 0.05) is 17.3 Å². The van der Waals surface area contributed by atoms with E-state index in [-0.39, 0.29) is 17.5 Å². The smallest absolute Gasteiger partial charge is 0.278 e. The lowest BCUT2D eigenvalue weighted by atomic mass is 10.0. The Morgan fingerprint density at radius 3 is 2.28 bits per heavy atom. The number of imide groups is 1. The lowest BCUT2D eigenvalue weighted by Gasteiger charge is -2.12. The molecule has 1 aliphatic rings. The average molecular weight is 355 g/mol. The van der Waals surface area contributed by atoms with Crippen molar-refractivity contribution in [3.05, 3.63) is 69.9 Å². The summed E-state index contributed by atoms with van der Waals surface area (Å²) in [6, 6.07) is 13.0. The molecule has 128 valence electrons. The van der Waals surface area contributed by atoms with Gasteiger partial charge in [0.1, 0.15) is 5.70 Å². The van der Waals surface area contributed by atoms with E-state index in [0.29, 0.717) is 22.8 Å². The van der Waals surface area contributed by atoms with Gasteiger partial charge in [-0.15, -0.1) is 0 Å². The number of likely N-dealkylation sites (N-methyl/N-ethyl adjacent to an activating group) is 1. The van der Waals surface area contributed by atoms with Gasteiger partial charge in [0.2, 0.25) is 0 Å². The second-order valence-corrected chi connectivity index (χ2v) is 6.47. The molecule has 1 heterocycles. The van der Waals surface area contributed by atoms with Gasteiger partial charge < -0.3 is 5.32 Å². The summed E-state index contributed by atoms with van der Waals surface area (Å²) in [5, 5.41) is 3.70. The minimum Gasteiger partial charge on any atom is -0.350 e. The predicted molar refractivity (Wildman–Crippen MR) is 100 cm³/mol. The number of hydrogen-bond donors (Lipinski definition) is 1. The number of halogens is 1. The molecule has 0 unspecified atom stereocenters. The molecule has 0 aromatic heterocycles. The molecule has 0 bridgehead atoms. The Morgan fingerprint density at radius 1 is 1.00 bits per heavy atom. The van der Waals surface area contributed by atoms with Crippen molar-refractivity contribution in [1.82, 2.24) is 4.90 Å². The number of aryl methyl sites for hydroxylation is 2. The first-order valence-electron chi connectivity index (χ1n) is 8.13. The van der Waals surface area contributed by atoms with Crippen molar-refractivity contribution < 1.29 is 9.59 Å². The van der Waals surface area contributed by atoms with Gasteiger partial charge in [0.25, 0.3) is 11.8 Å². The van der Waals surface area contributed by atoms with Crippen LogP contribution in [0.5, 0.6) is 0 Å². The highest BCUT2D eigenvalue weighted by molar-refractivity contribution is 6.36. The molecule has 0 saturated carbocycles. The zero-order valence-electron chi connectivity index (χ0n) is 14.4. The summed E-state index contributed by atoms with van der Waals surface area (Å²) in [6.07, 6.45) is 0. The van der Waals surface area contributed by atoms with Crippen molar-refractivity contribution in [3.63, 3.8) is 0 Å². The first-order chi connectivity index (χ1) is 11.9. The molecule has 0 radical (unpaired) electrons. The van der Waals surface area contributed by atoms with E-state index in [0.717, 1.165) is 16.7 Å². The van der Waals surface area contributed by atoms with Gasteiger partial charge in [-0.3, -0.25) is 14.5 Å². The molecule has 4 nitrogen and oxygen atoms in total. The number of hydrogen-bond acceptors (Lipinski definition) is 3. The fraction of sp³-hybridized carbons (Fsp3) is 0.200. The second-order valence-electron chi connectivity index (χ2n) is 6.06. The van der Waals surface area contributed by atoms with Crippen LogP contribution in [0.15, 0.2) is 48.2 Å². The van der Waals surface area contributed by atoms with E-state index in [4.69, 9.17) is 11.6 Å². The Morgan fingerprint density at radius 2 is 1.68 bits per heavy atom. The number of carbonyl (C=O) groups excluding carboxylic acids is 2. The minimum atomic E-state index is -0.320. The van der Waals surface area contributed by atoms with E-state index in [2.05, 4.69) is 5.32 Å². The third-order valence-corrected chi connectivity index (χ3v) is 4.67. The van der Waals surface area contributed by atoms with Crippen molar-refractivity contribution in [3.8, 4) is 0 Å². The summed E-state index contributed by atoms with van der Waals surface area (Å²) in [6.45, 7) is 6.00. The molecular weight excluding hydrogens is 336 g/mol. The zero-order chi connectivity index (χ0) is 18.1. The highest BCUT2D eigenvalue weighted by Crippen LogP contribution is 2.31. The van der Waals surface area contributed by atoms with Crippen molar-refractivity contribution in [1.29, 1.82) is 0 Å². The number of nitrogens with one attached hydrogen (secondary N) is 1. The molecule has 2 aromatic carbocycles. The Labute approximate surface area is 152 Å². The standard InChI is InChI=1S/C20H19ClN2O2/c1-4-23-19(24)17(14-8-5-12(2)6-9-14)18(20(23)25)22-15-10-7-13(3)16(21)11-15/h5-11,22H,4H2,1-3H3. The Hall–Kier alpha value is -2.59. The quantitative estimate of drug-likeness (QED) is 0.838. The zero-order valence-corrected chi connectivity index (χ0v) is 15.1. The predicted octanol–water partition coefficient (Wildman–Crippen LogP) is 4.17.